The molecule has 0 fully saturated rings. The summed E-state index contributed by atoms with van der Waals surface area (Å²) in [5.41, 5.74) is 0.823. The number of hydrogen-bond acceptors (Lipinski definition) is 4. The molecule has 2 heterocycles. The van der Waals surface area contributed by atoms with Crippen molar-refractivity contribution in [2.75, 3.05) is 0 Å². The number of ether oxygens (including phenoxy) is 1. The van der Waals surface area contributed by atoms with E-state index in [1.807, 2.05) is 0 Å². The Kier molecular flexibility index (Phi) is 3.04. The molecule has 0 unspecified atom stereocenters. The standard InChI is InChI=1S/C11H11N3O3/c1-14-5-3-8(13-14)7-17-10-6-12-4-2-9(10)11(15)16/h2-6H,7H2,1H3,(H,15,16). The SMILES string of the molecule is Cn1ccc(COc2cnccc2C(=O)O)n1. The minimum absolute atomic E-state index is 0.0935. The highest BCUT2D eigenvalue weighted by Gasteiger charge is 2.11. The van der Waals surface area contributed by atoms with Gasteiger partial charge in [-0.3, -0.25) is 9.67 Å². The fourth-order valence-corrected chi connectivity index (χ4v) is 1.36. The van der Waals surface area contributed by atoms with Crippen molar-refractivity contribution >= 4 is 5.97 Å². The number of nitrogens with zero attached hydrogens (tertiary/aromatic N) is 3. The summed E-state index contributed by atoms with van der Waals surface area (Å²) in [5.74, 6) is -0.797. The lowest BCUT2D eigenvalue weighted by Crippen LogP contribution is -2.04. The number of carboxylic acid groups (broad SMARTS) is 1. The van der Waals surface area contributed by atoms with Gasteiger partial charge in [0, 0.05) is 19.4 Å². The van der Waals surface area contributed by atoms with E-state index in [1.165, 1.54) is 18.5 Å². The second-order valence-corrected chi connectivity index (χ2v) is 3.45. The molecule has 88 valence electrons. The van der Waals surface area contributed by atoms with Gasteiger partial charge in [0.15, 0.2) is 5.75 Å². The molecule has 6 nitrogen and oxygen atoms in total. The summed E-state index contributed by atoms with van der Waals surface area (Å²) < 4.78 is 7.03. The number of aromatic carboxylic acids is 1. The molecule has 17 heavy (non-hydrogen) atoms. The zero-order valence-electron chi connectivity index (χ0n) is 9.20. The number of hydrogen-bond donors (Lipinski definition) is 1. The molecule has 2 aromatic rings. The number of aryl methyl sites for hydroxylation is 1. The van der Waals surface area contributed by atoms with Gasteiger partial charge in [0.05, 0.1) is 11.9 Å². The van der Waals surface area contributed by atoms with E-state index >= 15 is 0 Å². The molecule has 0 saturated carbocycles. The lowest BCUT2D eigenvalue weighted by Gasteiger charge is -2.06. The molecular weight excluding hydrogens is 222 g/mol. The van der Waals surface area contributed by atoms with Crippen LogP contribution in [-0.4, -0.2) is 25.8 Å². The van der Waals surface area contributed by atoms with Crippen molar-refractivity contribution in [3.63, 3.8) is 0 Å². The van der Waals surface area contributed by atoms with Crippen LogP contribution in [0.1, 0.15) is 16.1 Å². The molecule has 1 N–H and O–H groups in total. The van der Waals surface area contributed by atoms with E-state index in [1.54, 1.807) is 24.0 Å². The second kappa shape index (κ2) is 4.65. The van der Waals surface area contributed by atoms with E-state index in [4.69, 9.17) is 9.84 Å². The summed E-state index contributed by atoms with van der Waals surface area (Å²) in [6, 6.07) is 3.20. The predicted octanol–water partition coefficient (Wildman–Crippen LogP) is 1.09. The molecule has 0 bridgehead atoms. The minimum atomic E-state index is -1.04. The third-order valence-corrected chi connectivity index (χ3v) is 2.16. The Hall–Kier alpha value is -2.37. The minimum Gasteiger partial charge on any atom is -0.485 e. The Balaban J connectivity index is 2.11. The molecule has 0 radical (unpaired) electrons. The summed E-state index contributed by atoms with van der Waals surface area (Å²) in [7, 11) is 1.80. The summed E-state index contributed by atoms with van der Waals surface area (Å²) in [6.45, 7) is 0.215. The summed E-state index contributed by atoms with van der Waals surface area (Å²) in [6.07, 6.45) is 4.59. The highest BCUT2D eigenvalue weighted by atomic mass is 16.5. The van der Waals surface area contributed by atoms with Crippen molar-refractivity contribution in [2.45, 2.75) is 6.61 Å². The number of aromatic nitrogens is 3. The van der Waals surface area contributed by atoms with Crippen LogP contribution in [-0.2, 0) is 13.7 Å². The van der Waals surface area contributed by atoms with Crippen LogP contribution in [0.25, 0.3) is 0 Å². The van der Waals surface area contributed by atoms with Gasteiger partial charge >= 0.3 is 5.97 Å². The average Bonchev–Trinajstić information content (AvgIpc) is 2.73. The van der Waals surface area contributed by atoms with Gasteiger partial charge in [-0.1, -0.05) is 0 Å². The maximum atomic E-state index is 10.9. The van der Waals surface area contributed by atoms with Crippen LogP contribution in [0.3, 0.4) is 0 Å². The predicted molar refractivity (Wildman–Crippen MR) is 58.7 cm³/mol. The highest BCUT2D eigenvalue weighted by Crippen LogP contribution is 2.17. The molecular formula is C11H11N3O3. The van der Waals surface area contributed by atoms with Crippen LogP contribution in [0.4, 0.5) is 0 Å². The van der Waals surface area contributed by atoms with Crippen molar-refractivity contribution < 1.29 is 14.6 Å². The van der Waals surface area contributed by atoms with Gasteiger partial charge in [0.2, 0.25) is 0 Å². The molecule has 0 aliphatic carbocycles. The molecule has 0 aliphatic heterocycles. The van der Waals surface area contributed by atoms with Crippen LogP contribution in [0, 0.1) is 0 Å². The summed E-state index contributed by atoms with van der Waals surface area (Å²) in [4.78, 5) is 14.7. The fourth-order valence-electron chi connectivity index (χ4n) is 1.36. The van der Waals surface area contributed by atoms with E-state index in [9.17, 15) is 4.79 Å². The van der Waals surface area contributed by atoms with Crippen LogP contribution >= 0.6 is 0 Å². The normalized spacial score (nSPS) is 10.2. The maximum absolute atomic E-state index is 10.9. The molecule has 0 atom stereocenters. The van der Waals surface area contributed by atoms with Crippen molar-refractivity contribution in [1.82, 2.24) is 14.8 Å². The van der Waals surface area contributed by atoms with E-state index in [0.29, 0.717) is 0 Å². The Morgan fingerprint density at radius 2 is 2.35 bits per heavy atom. The highest BCUT2D eigenvalue weighted by molar-refractivity contribution is 5.90. The Morgan fingerprint density at radius 3 is 3.00 bits per heavy atom. The van der Waals surface area contributed by atoms with Crippen LogP contribution < -0.4 is 4.74 Å². The molecule has 0 aromatic carbocycles. The van der Waals surface area contributed by atoms with E-state index in [-0.39, 0.29) is 17.9 Å². The number of carbonyl (C=O) groups is 1. The number of pyridine rings is 1. The lowest BCUT2D eigenvalue weighted by atomic mass is 10.2. The molecule has 0 amide bonds. The maximum Gasteiger partial charge on any atom is 0.339 e. The van der Waals surface area contributed by atoms with Gasteiger partial charge in [-0.05, 0) is 12.1 Å². The van der Waals surface area contributed by atoms with Crippen LogP contribution in [0.5, 0.6) is 5.75 Å². The number of carboxylic acids is 1. The van der Waals surface area contributed by atoms with E-state index < -0.39 is 5.97 Å². The Morgan fingerprint density at radius 1 is 1.53 bits per heavy atom. The van der Waals surface area contributed by atoms with E-state index in [2.05, 4.69) is 10.1 Å². The van der Waals surface area contributed by atoms with Gasteiger partial charge in [0.25, 0.3) is 0 Å². The molecule has 0 aliphatic rings. The fraction of sp³-hybridized carbons (Fsp3) is 0.182. The van der Waals surface area contributed by atoms with Gasteiger partial charge in [0.1, 0.15) is 12.2 Å². The van der Waals surface area contributed by atoms with Gasteiger partial charge < -0.3 is 9.84 Å². The van der Waals surface area contributed by atoms with Crippen molar-refractivity contribution in [1.29, 1.82) is 0 Å². The van der Waals surface area contributed by atoms with E-state index in [0.717, 1.165) is 5.69 Å². The zero-order chi connectivity index (χ0) is 12.3. The third-order valence-electron chi connectivity index (χ3n) is 2.16. The Labute approximate surface area is 97.5 Å². The molecule has 6 heteroatoms. The monoisotopic (exact) mass is 233 g/mol. The van der Waals surface area contributed by atoms with Crippen molar-refractivity contribution in [2.24, 2.45) is 7.05 Å². The van der Waals surface area contributed by atoms with Crippen molar-refractivity contribution in [3.8, 4) is 5.75 Å². The average molecular weight is 233 g/mol. The summed E-state index contributed by atoms with van der Waals surface area (Å²) in [5, 5.41) is 13.1. The Bertz CT molecular complexity index is 536. The first-order chi connectivity index (χ1) is 8.16. The van der Waals surface area contributed by atoms with Gasteiger partial charge in [-0.2, -0.15) is 5.10 Å². The first kappa shape index (κ1) is 11.1. The first-order valence-electron chi connectivity index (χ1n) is 4.95. The van der Waals surface area contributed by atoms with Crippen molar-refractivity contribution in [3.05, 3.63) is 42.0 Å². The first-order valence-corrected chi connectivity index (χ1v) is 4.95. The molecule has 2 aromatic heterocycles. The van der Waals surface area contributed by atoms with Crippen LogP contribution in [0.15, 0.2) is 30.7 Å². The topological polar surface area (TPSA) is 77.2 Å². The van der Waals surface area contributed by atoms with Crippen LogP contribution in [0.2, 0.25) is 0 Å². The molecule has 2 rings (SSSR count). The second-order valence-electron chi connectivity index (χ2n) is 3.45. The smallest absolute Gasteiger partial charge is 0.339 e. The largest absolute Gasteiger partial charge is 0.485 e. The quantitative estimate of drug-likeness (QED) is 0.855. The lowest BCUT2D eigenvalue weighted by molar-refractivity contribution is 0.0691. The zero-order valence-corrected chi connectivity index (χ0v) is 9.20. The summed E-state index contributed by atoms with van der Waals surface area (Å²) >= 11 is 0. The number of rotatable bonds is 4. The van der Waals surface area contributed by atoms with Gasteiger partial charge in [-0.25, -0.2) is 4.79 Å². The molecule has 0 spiro atoms. The van der Waals surface area contributed by atoms with Gasteiger partial charge in [-0.15, -0.1) is 0 Å². The third kappa shape index (κ3) is 2.60. The molecule has 0 saturated heterocycles.